The zero-order valence-electron chi connectivity index (χ0n) is 10.2. The van der Waals surface area contributed by atoms with Crippen molar-refractivity contribution in [3.63, 3.8) is 0 Å². The van der Waals surface area contributed by atoms with E-state index < -0.39 is 9.84 Å². The Morgan fingerprint density at radius 2 is 1.58 bits per heavy atom. The second kappa shape index (κ2) is 6.04. The Morgan fingerprint density at radius 3 is 2.21 bits per heavy atom. The summed E-state index contributed by atoms with van der Waals surface area (Å²) in [6, 6.07) is 16.1. The van der Waals surface area contributed by atoms with Crippen LogP contribution in [0.1, 0.15) is 11.1 Å². The fourth-order valence-corrected chi connectivity index (χ4v) is 2.85. The van der Waals surface area contributed by atoms with Gasteiger partial charge in [-0.15, -0.1) is 0 Å². The molecule has 2 rings (SSSR count). The average Bonchev–Trinajstić information content (AvgIpc) is 2.40. The third kappa shape index (κ3) is 4.54. The second-order valence-electron chi connectivity index (χ2n) is 4.15. The molecule has 2 aromatic rings. The van der Waals surface area contributed by atoms with Crippen LogP contribution in [0.4, 0.5) is 0 Å². The molecule has 0 N–H and O–H groups in total. The molecule has 0 radical (unpaired) electrons. The topological polar surface area (TPSA) is 34.1 Å². The molecule has 2 nitrogen and oxygen atoms in total. The van der Waals surface area contributed by atoms with Crippen LogP contribution in [-0.4, -0.2) is 8.42 Å². The number of rotatable bonds is 4. The van der Waals surface area contributed by atoms with Crippen molar-refractivity contribution >= 4 is 27.5 Å². The van der Waals surface area contributed by atoms with Crippen molar-refractivity contribution in [3.05, 3.63) is 76.2 Å². The van der Waals surface area contributed by atoms with Crippen LogP contribution in [-0.2, 0) is 15.6 Å². The van der Waals surface area contributed by atoms with E-state index in [4.69, 9.17) is 11.6 Å². The van der Waals surface area contributed by atoms with Crippen LogP contribution in [0.5, 0.6) is 0 Å². The Balaban J connectivity index is 2.11. The molecule has 0 saturated carbocycles. The van der Waals surface area contributed by atoms with Gasteiger partial charge in [0.05, 0.1) is 5.75 Å². The van der Waals surface area contributed by atoms with Crippen LogP contribution in [0.3, 0.4) is 0 Å². The molecule has 0 amide bonds. The number of hydrogen-bond acceptors (Lipinski definition) is 2. The summed E-state index contributed by atoms with van der Waals surface area (Å²) in [4.78, 5) is 0. The van der Waals surface area contributed by atoms with Crippen molar-refractivity contribution in [3.8, 4) is 0 Å². The highest BCUT2D eigenvalue weighted by Crippen LogP contribution is 2.13. The minimum atomic E-state index is -3.27. The normalized spacial score (nSPS) is 11.8. The SMILES string of the molecule is O=S(=O)(C=Cc1ccccc1)Cc1ccc(Cl)cc1. The summed E-state index contributed by atoms with van der Waals surface area (Å²) in [5.74, 6) is -0.0203. The van der Waals surface area contributed by atoms with E-state index in [9.17, 15) is 8.42 Å². The van der Waals surface area contributed by atoms with Crippen molar-refractivity contribution in [2.24, 2.45) is 0 Å². The maximum Gasteiger partial charge on any atom is 0.175 e. The van der Waals surface area contributed by atoms with E-state index >= 15 is 0 Å². The number of hydrogen-bond donors (Lipinski definition) is 0. The van der Waals surface area contributed by atoms with Crippen LogP contribution < -0.4 is 0 Å². The first-order valence-corrected chi connectivity index (χ1v) is 7.85. The Labute approximate surface area is 118 Å². The zero-order chi connectivity index (χ0) is 13.7. The van der Waals surface area contributed by atoms with Gasteiger partial charge in [-0.25, -0.2) is 8.42 Å². The molecular weight excluding hydrogens is 280 g/mol. The van der Waals surface area contributed by atoms with Crippen molar-refractivity contribution < 1.29 is 8.42 Å². The number of sulfone groups is 1. The van der Waals surface area contributed by atoms with Gasteiger partial charge in [0.1, 0.15) is 0 Å². The maximum atomic E-state index is 11.9. The molecule has 4 heteroatoms. The average molecular weight is 293 g/mol. The number of halogens is 1. The summed E-state index contributed by atoms with van der Waals surface area (Å²) in [6.45, 7) is 0. The molecule has 0 aliphatic heterocycles. The van der Waals surface area contributed by atoms with Gasteiger partial charge in [-0.3, -0.25) is 0 Å². The molecule has 0 spiro atoms. The summed E-state index contributed by atoms with van der Waals surface area (Å²) in [5.41, 5.74) is 1.59. The minimum absolute atomic E-state index is 0.0203. The molecule has 0 heterocycles. The largest absolute Gasteiger partial charge is 0.224 e. The van der Waals surface area contributed by atoms with E-state index in [1.54, 1.807) is 30.3 Å². The van der Waals surface area contributed by atoms with Gasteiger partial charge in [0, 0.05) is 10.4 Å². The van der Waals surface area contributed by atoms with Gasteiger partial charge in [0.2, 0.25) is 0 Å². The molecule has 0 aromatic heterocycles. The molecule has 0 atom stereocenters. The summed E-state index contributed by atoms with van der Waals surface area (Å²) >= 11 is 5.76. The molecule has 0 aliphatic rings. The molecule has 0 saturated heterocycles. The van der Waals surface area contributed by atoms with Gasteiger partial charge in [-0.1, -0.05) is 54.1 Å². The van der Waals surface area contributed by atoms with Gasteiger partial charge in [0.25, 0.3) is 0 Å². The van der Waals surface area contributed by atoms with E-state index in [0.29, 0.717) is 5.02 Å². The Hall–Kier alpha value is -1.58. The van der Waals surface area contributed by atoms with Gasteiger partial charge >= 0.3 is 0 Å². The Morgan fingerprint density at radius 1 is 0.947 bits per heavy atom. The molecule has 0 bridgehead atoms. The smallest absolute Gasteiger partial charge is 0.175 e. The van der Waals surface area contributed by atoms with Crippen molar-refractivity contribution in [2.45, 2.75) is 5.75 Å². The van der Waals surface area contributed by atoms with Crippen molar-refractivity contribution in [1.82, 2.24) is 0 Å². The van der Waals surface area contributed by atoms with Crippen LogP contribution >= 0.6 is 11.6 Å². The van der Waals surface area contributed by atoms with Gasteiger partial charge < -0.3 is 0 Å². The maximum absolute atomic E-state index is 11.9. The van der Waals surface area contributed by atoms with Crippen molar-refractivity contribution in [2.75, 3.05) is 0 Å². The van der Waals surface area contributed by atoms with E-state index in [1.807, 2.05) is 30.3 Å². The molecule has 98 valence electrons. The fraction of sp³-hybridized carbons (Fsp3) is 0.0667. The quantitative estimate of drug-likeness (QED) is 0.856. The van der Waals surface area contributed by atoms with E-state index in [0.717, 1.165) is 11.1 Å². The highest BCUT2D eigenvalue weighted by Gasteiger charge is 2.07. The first kappa shape index (κ1) is 13.8. The summed E-state index contributed by atoms with van der Waals surface area (Å²) in [6.07, 6.45) is 1.60. The van der Waals surface area contributed by atoms with Crippen LogP contribution in [0.25, 0.3) is 6.08 Å². The highest BCUT2D eigenvalue weighted by atomic mass is 35.5. The lowest BCUT2D eigenvalue weighted by Gasteiger charge is -2.00. The van der Waals surface area contributed by atoms with Gasteiger partial charge in [-0.2, -0.15) is 0 Å². The Bertz CT molecular complexity index is 659. The molecule has 0 unspecified atom stereocenters. The first-order chi connectivity index (χ1) is 9.05. The van der Waals surface area contributed by atoms with E-state index in [-0.39, 0.29) is 5.75 Å². The fourth-order valence-electron chi connectivity index (χ4n) is 1.61. The van der Waals surface area contributed by atoms with Gasteiger partial charge in [-0.05, 0) is 29.3 Å². The minimum Gasteiger partial charge on any atom is -0.224 e. The lowest BCUT2D eigenvalue weighted by atomic mass is 10.2. The third-order valence-electron chi connectivity index (χ3n) is 2.55. The summed E-state index contributed by atoms with van der Waals surface area (Å²) in [5, 5.41) is 1.85. The van der Waals surface area contributed by atoms with Crippen LogP contribution in [0, 0.1) is 0 Å². The first-order valence-electron chi connectivity index (χ1n) is 5.75. The van der Waals surface area contributed by atoms with E-state index in [2.05, 4.69) is 0 Å². The standard InChI is InChI=1S/C15H13ClO2S/c16-15-8-6-14(7-9-15)12-19(17,18)11-10-13-4-2-1-3-5-13/h1-11H,12H2. The van der Waals surface area contributed by atoms with Crippen LogP contribution in [0.2, 0.25) is 5.02 Å². The molecular formula is C15H13ClO2S. The number of benzene rings is 2. The lowest BCUT2D eigenvalue weighted by Crippen LogP contribution is -1.99. The molecule has 0 fully saturated rings. The van der Waals surface area contributed by atoms with Crippen molar-refractivity contribution in [1.29, 1.82) is 0 Å². The summed E-state index contributed by atoms with van der Waals surface area (Å²) in [7, 11) is -3.27. The molecule has 0 aliphatic carbocycles. The predicted molar refractivity (Wildman–Crippen MR) is 79.6 cm³/mol. The zero-order valence-corrected chi connectivity index (χ0v) is 11.7. The molecule has 2 aromatic carbocycles. The van der Waals surface area contributed by atoms with Gasteiger partial charge in [0.15, 0.2) is 9.84 Å². The lowest BCUT2D eigenvalue weighted by molar-refractivity contribution is 0.604. The predicted octanol–water partition coefficient (Wildman–Crippen LogP) is 3.93. The second-order valence-corrected chi connectivity index (χ2v) is 6.47. The highest BCUT2D eigenvalue weighted by molar-refractivity contribution is 7.93. The Kier molecular flexibility index (Phi) is 4.40. The third-order valence-corrected chi connectivity index (χ3v) is 4.09. The molecule has 19 heavy (non-hydrogen) atoms. The summed E-state index contributed by atoms with van der Waals surface area (Å²) < 4.78 is 23.9. The van der Waals surface area contributed by atoms with Crippen LogP contribution in [0.15, 0.2) is 60.0 Å². The monoisotopic (exact) mass is 292 g/mol. The van der Waals surface area contributed by atoms with E-state index in [1.165, 1.54) is 5.41 Å².